The van der Waals surface area contributed by atoms with Crippen molar-refractivity contribution in [2.24, 2.45) is 4.99 Å². The van der Waals surface area contributed by atoms with Crippen LogP contribution in [0.4, 0.5) is 0 Å². The minimum absolute atomic E-state index is 0. The summed E-state index contributed by atoms with van der Waals surface area (Å²) in [4.78, 5) is 4.29. The Kier molecular flexibility index (Phi) is 10.7. The van der Waals surface area contributed by atoms with E-state index < -0.39 is 0 Å². The standard InChI is InChI=1S/C20H30N4O3.HI/c1-6-16-15(17(7-2)27-24-16)13-23-20(21-4)22-12-14-9-10-18(25-5)19(11-14)26-8-3;/h9-11H,6-8,12-13H2,1-5H3,(H2,21,22,23);1H. The largest absolute Gasteiger partial charge is 0.493 e. The molecule has 0 aliphatic carbocycles. The van der Waals surface area contributed by atoms with E-state index in [-0.39, 0.29) is 24.0 Å². The van der Waals surface area contributed by atoms with Crippen molar-refractivity contribution in [3.05, 3.63) is 40.8 Å². The third-order valence-electron chi connectivity index (χ3n) is 4.25. The van der Waals surface area contributed by atoms with Gasteiger partial charge in [0.15, 0.2) is 17.5 Å². The Morgan fingerprint density at radius 2 is 1.86 bits per heavy atom. The van der Waals surface area contributed by atoms with E-state index in [2.05, 4.69) is 34.6 Å². The molecule has 0 unspecified atom stereocenters. The lowest BCUT2D eigenvalue weighted by Crippen LogP contribution is -2.36. The van der Waals surface area contributed by atoms with Gasteiger partial charge >= 0.3 is 0 Å². The zero-order chi connectivity index (χ0) is 19.6. The predicted molar refractivity (Wildman–Crippen MR) is 122 cm³/mol. The summed E-state index contributed by atoms with van der Waals surface area (Å²) >= 11 is 0. The quantitative estimate of drug-likeness (QED) is 0.309. The second-order valence-electron chi connectivity index (χ2n) is 5.94. The number of nitrogens with zero attached hydrogens (tertiary/aromatic N) is 2. The molecule has 0 radical (unpaired) electrons. The van der Waals surface area contributed by atoms with E-state index >= 15 is 0 Å². The molecule has 0 saturated carbocycles. The Hall–Kier alpha value is -1.97. The molecule has 8 heteroatoms. The number of aliphatic imine (C=N–C) groups is 1. The van der Waals surface area contributed by atoms with Crippen LogP contribution in [0.3, 0.4) is 0 Å². The molecular weight excluding hydrogens is 471 g/mol. The maximum Gasteiger partial charge on any atom is 0.191 e. The zero-order valence-corrected chi connectivity index (χ0v) is 19.6. The molecule has 1 aromatic heterocycles. The van der Waals surface area contributed by atoms with Gasteiger partial charge in [0.25, 0.3) is 0 Å². The van der Waals surface area contributed by atoms with Crippen LogP contribution in [0.5, 0.6) is 11.5 Å². The monoisotopic (exact) mass is 502 g/mol. The first-order chi connectivity index (χ1) is 13.2. The SMILES string of the molecule is CCOc1cc(CNC(=NC)NCc2c(CC)noc2CC)ccc1OC.I. The highest BCUT2D eigenvalue weighted by Gasteiger charge is 2.13. The third-order valence-corrected chi connectivity index (χ3v) is 4.25. The molecular formula is C20H31IN4O3. The van der Waals surface area contributed by atoms with Crippen LogP contribution in [0.25, 0.3) is 0 Å². The van der Waals surface area contributed by atoms with E-state index in [1.807, 2.05) is 25.1 Å². The van der Waals surface area contributed by atoms with E-state index in [1.54, 1.807) is 14.2 Å². The van der Waals surface area contributed by atoms with Gasteiger partial charge in [-0.1, -0.05) is 25.1 Å². The number of ether oxygens (including phenoxy) is 2. The van der Waals surface area contributed by atoms with Gasteiger partial charge in [-0.2, -0.15) is 0 Å². The second kappa shape index (κ2) is 12.5. The molecule has 0 amide bonds. The Labute approximate surface area is 184 Å². The normalized spacial score (nSPS) is 11.0. The van der Waals surface area contributed by atoms with E-state index in [9.17, 15) is 0 Å². The van der Waals surface area contributed by atoms with Gasteiger partial charge in [-0.25, -0.2) is 0 Å². The molecule has 0 fully saturated rings. The fourth-order valence-corrected chi connectivity index (χ4v) is 2.82. The van der Waals surface area contributed by atoms with Crippen LogP contribution in [0.2, 0.25) is 0 Å². The minimum Gasteiger partial charge on any atom is -0.493 e. The van der Waals surface area contributed by atoms with Crippen LogP contribution in [0, 0.1) is 0 Å². The first kappa shape index (κ1) is 24.1. The molecule has 1 heterocycles. The van der Waals surface area contributed by atoms with Crippen molar-refractivity contribution in [2.75, 3.05) is 20.8 Å². The van der Waals surface area contributed by atoms with Gasteiger partial charge < -0.3 is 24.6 Å². The van der Waals surface area contributed by atoms with Crippen molar-refractivity contribution in [3.8, 4) is 11.5 Å². The summed E-state index contributed by atoms with van der Waals surface area (Å²) in [5, 5.41) is 10.8. The minimum atomic E-state index is 0. The van der Waals surface area contributed by atoms with Crippen molar-refractivity contribution >= 4 is 29.9 Å². The van der Waals surface area contributed by atoms with Crippen LogP contribution >= 0.6 is 24.0 Å². The van der Waals surface area contributed by atoms with Crippen molar-refractivity contribution in [1.82, 2.24) is 15.8 Å². The van der Waals surface area contributed by atoms with Crippen LogP contribution in [-0.4, -0.2) is 31.9 Å². The maximum absolute atomic E-state index is 5.63. The van der Waals surface area contributed by atoms with E-state index in [1.165, 1.54) is 0 Å². The first-order valence-electron chi connectivity index (χ1n) is 9.37. The fraction of sp³-hybridized carbons (Fsp3) is 0.500. The van der Waals surface area contributed by atoms with E-state index in [0.29, 0.717) is 25.7 Å². The Morgan fingerprint density at radius 3 is 2.46 bits per heavy atom. The molecule has 7 nitrogen and oxygen atoms in total. The highest BCUT2D eigenvalue weighted by atomic mass is 127. The fourth-order valence-electron chi connectivity index (χ4n) is 2.82. The number of nitrogens with one attached hydrogen (secondary N) is 2. The molecule has 2 N–H and O–H groups in total. The number of halogens is 1. The molecule has 0 aliphatic heterocycles. The molecule has 1 aromatic carbocycles. The Bertz CT molecular complexity index is 740. The molecule has 0 bridgehead atoms. The first-order valence-corrected chi connectivity index (χ1v) is 9.37. The van der Waals surface area contributed by atoms with Gasteiger partial charge in [0, 0.05) is 32.1 Å². The van der Waals surface area contributed by atoms with Crippen molar-refractivity contribution in [2.45, 2.75) is 46.7 Å². The van der Waals surface area contributed by atoms with Crippen molar-refractivity contribution < 1.29 is 14.0 Å². The summed E-state index contributed by atoms with van der Waals surface area (Å²) < 4.78 is 16.4. The molecule has 0 aliphatic rings. The number of guanidine groups is 1. The molecule has 0 saturated heterocycles. The van der Waals surface area contributed by atoms with E-state index in [4.69, 9.17) is 14.0 Å². The summed E-state index contributed by atoms with van der Waals surface area (Å²) in [6.45, 7) is 7.94. The van der Waals surface area contributed by atoms with E-state index in [0.717, 1.165) is 46.9 Å². The average Bonchev–Trinajstić information content (AvgIpc) is 3.10. The number of hydrogen-bond acceptors (Lipinski definition) is 5. The third kappa shape index (κ3) is 6.29. The topological polar surface area (TPSA) is 80.9 Å². The average molecular weight is 502 g/mol. The Balaban J connectivity index is 0.00000392. The second-order valence-corrected chi connectivity index (χ2v) is 5.94. The summed E-state index contributed by atoms with van der Waals surface area (Å²) in [5.41, 5.74) is 3.19. The maximum atomic E-state index is 5.63. The van der Waals surface area contributed by atoms with Gasteiger partial charge in [-0.3, -0.25) is 4.99 Å². The zero-order valence-electron chi connectivity index (χ0n) is 17.3. The molecule has 2 aromatic rings. The summed E-state index contributed by atoms with van der Waals surface area (Å²) in [6.07, 6.45) is 1.67. The van der Waals surface area contributed by atoms with Gasteiger partial charge in [0.05, 0.1) is 19.4 Å². The lowest BCUT2D eigenvalue weighted by atomic mass is 10.1. The molecule has 28 heavy (non-hydrogen) atoms. The van der Waals surface area contributed by atoms with Crippen molar-refractivity contribution in [3.63, 3.8) is 0 Å². The number of hydrogen-bond donors (Lipinski definition) is 2. The van der Waals surface area contributed by atoms with Gasteiger partial charge in [-0.15, -0.1) is 24.0 Å². The highest BCUT2D eigenvalue weighted by molar-refractivity contribution is 14.0. The number of aryl methyl sites for hydroxylation is 2. The number of benzene rings is 1. The molecule has 156 valence electrons. The van der Waals surface area contributed by atoms with Crippen LogP contribution in [-0.2, 0) is 25.9 Å². The van der Waals surface area contributed by atoms with Gasteiger partial charge in [0.1, 0.15) is 5.76 Å². The highest BCUT2D eigenvalue weighted by Crippen LogP contribution is 2.28. The predicted octanol–water partition coefficient (Wildman–Crippen LogP) is 3.69. The lowest BCUT2D eigenvalue weighted by molar-refractivity contribution is 0.310. The number of rotatable bonds is 9. The van der Waals surface area contributed by atoms with Crippen molar-refractivity contribution in [1.29, 1.82) is 0 Å². The summed E-state index contributed by atoms with van der Waals surface area (Å²) in [5.74, 6) is 3.11. The van der Waals surface area contributed by atoms with Crippen LogP contribution in [0.15, 0.2) is 27.7 Å². The van der Waals surface area contributed by atoms with Crippen LogP contribution in [0.1, 0.15) is 43.4 Å². The smallest absolute Gasteiger partial charge is 0.191 e. The lowest BCUT2D eigenvalue weighted by Gasteiger charge is -2.14. The number of methoxy groups -OCH3 is 1. The van der Waals surface area contributed by atoms with Gasteiger partial charge in [-0.05, 0) is 31.0 Å². The number of aromatic nitrogens is 1. The molecule has 0 atom stereocenters. The molecule has 2 rings (SSSR count). The van der Waals surface area contributed by atoms with Crippen LogP contribution < -0.4 is 20.1 Å². The Morgan fingerprint density at radius 1 is 1.11 bits per heavy atom. The summed E-state index contributed by atoms with van der Waals surface area (Å²) in [7, 11) is 3.39. The summed E-state index contributed by atoms with van der Waals surface area (Å²) in [6, 6.07) is 5.90. The molecule has 0 spiro atoms. The van der Waals surface area contributed by atoms with Gasteiger partial charge in [0.2, 0.25) is 0 Å².